The molecule has 381 valence electrons. The van der Waals surface area contributed by atoms with Crippen molar-refractivity contribution >= 4 is 6.29 Å². The summed E-state index contributed by atoms with van der Waals surface area (Å²) in [4.78, 5) is 11.9. The zero-order valence-corrected chi connectivity index (χ0v) is 44.4. The lowest BCUT2D eigenvalue weighted by molar-refractivity contribution is 0.234. The van der Waals surface area contributed by atoms with Crippen LogP contribution in [-0.4, -0.2) is 26.1 Å². The maximum atomic E-state index is 11.9. The molecule has 65 heavy (non-hydrogen) atoms. The predicted octanol–water partition coefficient (Wildman–Crippen LogP) is 21.1. The number of hydrogen-bond acceptors (Lipinski definition) is 4. The average Bonchev–Trinajstić information content (AvgIpc) is 3.32. The molecule has 0 aliphatic carbocycles. The molecule has 4 nitrogen and oxygen atoms in total. The first kappa shape index (κ1) is 61.3. The van der Waals surface area contributed by atoms with E-state index in [9.17, 15) is 4.79 Å². The van der Waals surface area contributed by atoms with Crippen molar-refractivity contribution in [2.24, 2.45) is 0 Å². The molecular weight excluding hydrogens is 797 g/mol. The van der Waals surface area contributed by atoms with Crippen LogP contribution in [0, 0.1) is 0 Å². The van der Waals surface area contributed by atoms with Gasteiger partial charge in [-0.2, -0.15) is 0 Å². The van der Waals surface area contributed by atoms with Gasteiger partial charge in [0.2, 0.25) is 12.0 Å². The van der Waals surface area contributed by atoms with Crippen LogP contribution in [0.1, 0.15) is 335 Å². The van der Waals surface area contributed by atoms with Crippen LogP contribution in [0.2, 0.25) is 0 Å². The van der Waals surface area contributed by atoms with E-state index in [2.05, 4.69) is 27.1 Å². The molecule has 0 heterocycles. The minimum absolute atomic E-state index is 0.476. The third-order valence-corrected chi connectivity index (χ3v) is 13.9. The van der Waals surface area contributed by atoms with Crippen LogP contribution < -0.4 is 14.2 Å². The fraction of sp³-hybridized carbons (Fsp3) is 0.885. The third kappa shape index (κ3) is 42.2. The van der Waals surface area contributed by atoms with Crippen molar-refractivity contribution in [1.82, 2.24) is 0 Å². The van der Waals surface area contributed by atoms with Crippen molar-refractivity contribution in [1.29, 1.82) is 0 Å². The van der Waals surface area contributed by atoms with E-state index >= 15 is 0 Å². The lowest BCUT2D eigenvalue weighted by Gasteiger charge is -2.18. The summed E-state index contributed by atoms with van der Waals surface area (Å²) in [6, 6.07) is 3.62. The molecular formula is C61H113O4. The van der Waals surface area contributed by atoms with Crippen LogP contribution in [0.15, 0.2) is 12.1 Å². The molecule has 0 saturated carbocycles. The number of benzene rings is 1. The summed E-state index contributed by atoms with van der Waals surface area (Å²) in [6.07, 6.45) is 67.1. The normalized spacial score (nSPS) is 11.4. The largest absolute Gasteiger partial charge is 0.490 e. The maximum Gasteiger partial charge on any atom is 0.233 e. The van der Waals surface area contributed by atoms with Gasteiger partial charge in [-0.25, -0.2) is 0 Å². The molecule has 0 bridgehead atoms. The maximum absolute atomic E-state index is 11.9. The second-order valence-electron chi connectivity index (χ2n) is 20.4. The SMILES string of the molecule is CCCCCCCCCCCCCCCCCCOc1cc([C]=O)cc(OCCCCCCCCCCCCCCCCCC)c1OCCCCCCCCCCCCCCCCCC. The molecule has 0 aliphatic rings. The van der Waals surface area contributed by atoms with E-state index in [4.69, 9.17) is 14.2 Å². The monoisotopic (exact) mass is 910 g/mol. The van der Waals surface area contributed by atoms with Gasteiger partial charge in [0.05, 0.1) is 19.8 Å². The van der Waals surface area contributed by atoms with Crippen LogP contribution in [0.5, 0.6) is 17.2 Å². The number of ether oxygens (including phenoxy) is 3. The van der Waals surface area contributed by atoms with Crippen LogP contribution in [0.4, 0.5) is 0 Å². The molecule has 0 aromatic heterocycles. The Balaban J connectivity index is 2.41. The molecule has 0 unspecified atom stereocenters. The van der Waals surface area contributed by atoms with Gasteiger partial charge in [0, 0.05) is 5.56 Å². The zero-order chi connectivity index (χ0) is 46.6. The van der Waals surface area contributed by atoms with Crippen LogP contribution >= 0.6 is 0 Å². The highest BCUT2D eigenvalue weighted by Gasteiger charge is 2.16. The standard InChI is InChI=1S/C61H113O4/c1-4-7-10-13-16-19-22-25-28-31-34-37-40-43-46-49-52-63-59-55-58(57-62)56-60(64-53-50-47-44-41-38-35-32-29-26-23-20-17-14-11-8-5-2)61(59)65-54-51-48-45-42-39-36-33-30-27-24-21-18-15-12-9-6-3/h55-56H,4-54H2,1-3H3. The number of hydrogen-bond donors (Lipinski definition) is 0. The van der Waals surface area contributed by atoms with E-state index in [1.165, 1.54) is 289 Å². The Labute approximate surface area is 407 Å². The molecule has 1 aromatic carbocycles. The minimum atomic E-state index is 0.476. The van der Waals surface area contributed by atoms with E-state index in [0.717, 1.165) is 19.3 Å². The van der Waals surface area contributed by atoms with Crippen LogP contribution in [0.3, 0.4) is 0 Å². The van der Waals surface area contributed by atoms with Gasteiger partial charge in [-0.15, -0.1) is 0 Å². The smallest absolute Gasteiger partial charge is 0.233 e. The summed E-state index contributed by atoms with van der Waals surface area (Å²) in [5, 5.41) is 0. The summed E-state index contributed by atoms with van der Waals surface area (Å²) in [6.45, 7) is 8.81. The van der Waals surface area contributed by atoms with E-state index in [0.29, 0.717) is 42.6 Å². The van der Waals surface area contributed by atoms with Gasteiger partial charge >= 0.3 is 0 Å². The Kier molecular flexibility index (Phi) is 48.7. The lowest BCUT2D eigenvalue weighted by atomic mass is 10.0. The van der Waals surface area contributed by atoms with E-state index in [-0.39, 0.29) is 0 Å². The summed E-state index contributed by atoms with van der Waals surface area (Å²) in [7, 11) is 0. The highest BCUT2D eigenvalue weighted by Crippen LogP contribution is 2.39. The summed E-state index contributed by atoms with van der Waals surface area (Å²) in [5.41, 5.74) is 0.476. The van der Waals surface area contributed by atoms with Crippen molar-refractivity contribution < 1.29 is 19.0 Å². The Morgan fingerprint density at radius 1 is 0.277 bits per heavy atom. The van der Waals surface area contributed by atoms with Crippen LogP contribution in [-0.2, 0) is 4.79 Å². The van der Waals surface area contributed by atoms with Gasteiger partial charge in [0.1, 0.15) is 0 Å². The number of unbranched alkanes of at least 4 members (excludes halogenated alkanes) is 45. The molecule has 1 aromatic rings. The Morgan fingerprint density at radius 2 is 0.462 bits per heavy atom. The fourth-order valence-corrected chi connectivity index (χ4v) is 9.48. The Hall–Kier alpha value is -1.71. The summed E-state index contributed by atoms with van der Waals surface area (Å²) in [5.74, 6) is 1.97. The van der Waals surface area contributed by atoms with Gasteiger partial charge in [-0.05, 0) is 31.4 Å². The Morgan fingerprint density at radius 3 is 0.662 bits per heavy atom. The van der Waals surface area contributed by atoms with Gasteiger partial charge in [0.15, 0.2) is 11.5 Å². The van der Waals surface area contributed by atoms with E-state index < -0.39 is 0 Å². The van der Waals surface area contributed by atoms with Gasteiger partial charge < -0.3 is 14.2 Å². The number of rotatable bonds is 55. The van der Waals surface area contributed by atoms with Crippen molar-refractivity contribution in [2.75, 3.05) is 19.8 Å². The average molecular weight is 911 g/mol. The highest BCUT2D eigenvalue weighted by atomic mass is 16.5. The van der Waals surface area contributed by atoms with E-state index in [1.54, 1.807) is 0 Å². The summed E-state index contributed by atoms with van der Waals surface area (Å²) >= 11 is 0. The molecule has 0 fully saturated rings. The molecule has 0 saturated heterocycles. The molecule has 1 radical (unpaired) electrons. The molecule has 1 rings (SSSR count). The molecule has 4 heteroatoms. The first-order chi connectivity index (χ1) is 32.3. The first-order valence-corrected chi connectivity index (χ1v) is 29.7. The van der Waals surface area contributed by atoms with Crippen molar-refractivity contribution in [3.8, 4) is 17.2 Å². The minimum Gasteiger partial charge on any atom is -0.490 e. The molecule has 0 spiro atoms. The quantitative estimate of drug-likeness (QED) is 0.0611. The molecule has 0 atom stereocenters. The molecule has 0 aliphatic heterocycles. The van der Waals surface area contributed by atoms with Gasteiger partial charge in [0.25, 0.3) is 0 Å². The lowest BCUT2D eigenvalue weighted by Crippen LogP contribution is -2.07. The number of carbonyl (C=O) groups excluding carboxylic acids is 1. The molecule has 0 N–H and O–H groups in total. The first-order valence-electron chi connectivity index (χ1n) is 29.7. The predicted molar refractivity (Wildman–Crippen MR) is 286 cm³/mol. The zero-order valence-electron chi connectivity index (χ0n) is 44.4. The van der Waals surface area contributed by atoms with E-state index in [1.807, 2.05) is 12.1 Å². The third-order valence-electron chi connectivity index (χ3n) is 13.9. The molecule has 0 amide bonds. The van der Waals surface area contributed by atoms with Crippen LogP contribution in [0.25, 0.3) is 0 Å². The highest BCUT2D eigenvalue weighted by molar-refractivity contribution is 5.78. The summed E-state index contributed by atoms with van der Waals surface area (Å²) < 4.78 is 19.2. The van der Waals surface area contributed by atoms with Gasteiger partial charge in [-0.1, -0.05) is 310 Å². The van der Waals surface area contributed by atoms with Crippen molar-refractivity contribution in [3.05, 3.63) is 17.7 Å². The topological polar surface area (TPSA) is 44.8 Å². The second-order valence-corrected chi connectivity index (χ2v) is 20.4. The Bertz CT molecular complexity index is 1030. The second kappa shape index (κ2) is 51.7. The van der Waals surface area contributed by atoms with Crippen molar-refractivity contribution in [3.63, 3.8) is 0 Å². The van der Waals surface area contributed by atoms with Crippen molar-refractivity contribution in [2.45, 2.75) is 329 Å². The van der Waals surface area contributed by atoms with Gasteiger partial charge in [-0.3, -0.25) is 4.79 Å². The fourth-order valence-electron chi connectivity index (χ4n) is 9.48.